The lowest BCUT2D eigenvalue weighted by atomic mass is 10.2. The minimum Gasteiger partial charge on any atom is -0.457 e. The van der Waals surface area contributed by atoms with E-state index >= 15 is 0 Å². The Kier molecular flexibility index (Phi) is 5.84. The Labute approximate surface area is 170 Å². The van der Waals surface area contributed by atoms with Gasteiger partial charge in [-0.1, -0.05) is 59.5 Å². The summed E-state index contributed by atoms with van der Waals surface area (Å²) in [6.07, 6.45) is 0. The highest BCUT2D eigenvalue weighted by atomic mass is 32.2. The van der Waals surface area contributed by atoms with Crippen molar-refractivity contribution >= 4 is 33.9 Å². The van der Waals surface area contributed by atoms with Crippen LogP contribution in [0.15, 0.2) is 83.2 Å². The van der Waals surface area contributed by atoms with Gasteiger partial charge in [0, 0.05) is 11.4 Å². The van der Waals surface area contributed by atoms with Crippen LogP contribution in [0.1, 0.15) is 5.56 Å². The number of halogens is 1. The molecule has 1 aromatic heterocycles. The van der Waals surface area contributed by atoms with Crippen LogP contribution in [0.4, 0.5) is 15.2 Å². The molecular weight excluding hydrogens is 393 g/mol. The molecule has 0 spiro atoms. The molecule has 1 N–H and O–H groups in total. The molecule has 7 heteroatoms. The SMILES string of the molecule is Fc1ccccc1CSc1nnc(Nc2ccc(Oc3ccccc3)cc2)s1. The molecule has 0 fully saturated rings. The summed E-state index contributed by atoms with van der Waals surface area (Å²) in [7, 11) is 0. The Morgan fingerprint density at radius 1 is 0.857 bits per heavy atom. The first-order chi connectivity index (χ1) is 13.8. The zero-order chi connectivity index (χ0) is 19.2. The van der Waals surface area contributed by atoms with E-state index in [4.69, 9.17) is 4.74 Å². The summed E-state index contributed by atoms with van der Waals surface area (Å²) in [5.41, 5.74) is 1.55. The lowest BCUT2D eigenvalue weighted by molar-refractivity contribution is 0.483. The fourth-order valence-electron chi connectivity index (χ4n) is 2.43. The summed E-state index contributed by atoms with van der Waals surface area (Å²) in [4.78, 5) is 0. The van der Waals surface area contributed by atoms with Gasteiger partial charge in [0.15, 0.2) is 4.34 Å². The van der Waals surface area contributed by atoms with Crippen LogP contribution in [0.25, 0.3) is 0 Å². The summed E-state index contributed by atoms with van der Waals surface area (Å²) >= 11 is 2.90. The van der Waals surface area contributed by atoms with Gasteiger partial charge in [0.2, 0.25) is 5.13 Å². The Morgan fingerprint density at radius 3 is 2.36 bits per heavy atom. The van der Waals surface area contributed by atoms with Gasteiger partial charge in [0.25, 0.3) is 0 Å². The summed E-state index contributed by atoms with van der Waals surface area (Å²) in [6, 6.07) is 24.0. The number of aromatic nitrogens is 2. The maximum Gasteiger partial charge on any atom is 0.210 e. The Bertz CT molecular complexity index is 1040. The molecule has 3 aromatic carbocycles. The molecule has 0 atom stereocenters. The van der Waals surface area contributed by atoms with Crippen molar-refractivity contribution in [3.8, 4) is 11.5 Å². The van der Waals surface area contributed by atoms with Crippen molar-refractivity contribution in [2.45, 2.75) is 10.1 Å². The molecule has 4 nitrogen and oxygen atoms in total. The summed E-state index contributed by atoms with van der Waals surface area (Å²) in [6.45, 7) is 0. The summed E-state index contributed by atoms with van der Waals surface area (Å²) < 4.78 is 20.3. The zero-order valence-electron chi connectivity index (χ0n) is 14.7. The number of para-hydroxylation sites is 1. The van der Waals surface area contributed by atoms with E-state index in [0.29, 0.717) is 16.4 Å². The largest absolute Gasteiger partial charge is 0.457 e. The number of thioether (sulfide) groups is 1. The molecule has 0 bridgehead atoms. The highest BCUT2D eigenvalue weighted by Crippen LogP contribution is 2.31. The number of hydrogen-bond acceptors (Lipinski definition) is 6. The molecule has 0 radical (unpaired) electrons. The number of rotatable bonds is 7. The first-order valence-corrected chi connectivity index (χ1v) is 10.4. The molecule has 0 saturated heterocycles. The lowest BCUT2D eigenvalue weighted by Crippen LogP contribution is -1.90. The van der Waals surface area contributed by atoms with E-state index in [2.05, 4.69) is 15.5 Å². The number of nitrogens with zero attached hydrogens (tertiary/aromatic N) is 2. The van der Waals surface area contributed by atoms with Crippen LogP contribution in [0, 0.1) is 5.82 Å². The second kappa shape index (κ2) is 8.86. The van der Waals surface area contributed by atoms with E-state index in [9.17, 15) is 4.39 Å². The molecule has 0 saturated carbocycles. The van der Waals surface area contributed by atoms with Crippen LogP contribution in [0.5, 0.6) is 11.5 Å². The van der Waals surface area contributed by atoms with Crippen molar-refractivity contribution < 1.29 is 9.13 Å². The summed E-state index contributed by atoms with van der Waals surface area (Å²) in [5.74, 6) is 1.88. The van der Waals surface area contributed by atoms with E-state index in [0.717, 1.165) is 21.5 Å². The van der Waals surface area contributed by atoms with Gasteiger partial charge in [-0.15, -0.1) is 10.2 Å². The topological polar surface area (TPSA) is 47.0 Å². The van der Waals surface area contributed by atoms with Crippen LogP contribution in [-0.2, 0) is 5.75 Å². The van der Waals surface area contributed by atoms with Gasteiger partial charge in [-0.3, -0.25) is 0 Å². The first-order valence-electron chi connectivity index (χ1n) is 8.56. The van der Waals surface area contributed by atoms with Gasteiger partial charge in [0.05, 0.1) is 0 Å². The van der Waals surface area contributed by atoms with Gasteiger partial charge in [0.1, 0.15) is 17.3 Å². The molecule has 0 aliphatic rings. The predicted molar refractivity (Wildman–Crippen MR) is 112 cm³/mol. The normalized spacial score (nSPS) is 10.6. The molecule has 0 amide bonds. The van der Waals surface area contributed by atoms with Crippen LogP contribution in [0.3, 0.4) is 0 Å². The van der Waals surface area contributed by atoms with Gasteiger partial charge in [-0.2, -0.15) is 0 Å². The molecule has 1 heterocycles. The van der Waals surface area contributed by atoms with Crippen molar-refractivity contribution in [2.75, 3.05) is 5.32 Å². The van der Waals surface area contributed by atoms with Gasteiger partial charge in [-0.05, 0) is 48.0 Å². The highest BCUT2D eigenvalue weighted by Gasteiger charge is 2.08. The molecule has 4 aromatic rings. The fourth-order valence-corrected chi connectivity index (χ4v) is 4.19. The highest BCUT2D eigenvalue weighted by molar-refractivity contribution is 8.00. The number of anilines is 2. The molecule has 4 rings (SSSR count). The molecular formula is C21H16FN3OS2. The van der Waals surface area contributed by atoms with E-state index < -0.39 is 0 Å². The van der Waals surface area contributed by atoms with E-state index in [1.54, 1.807) is 12.1 Å². The first kappa shape index (κ1) is 18.5. The minimum absolute atomic E-state index is 0.198. The maximum atomic E-state index is 13.7. The van der Waals surface area contributed by atoms with E-state index in [1.807, 2.05) is 60.7 Å². The van der Waals surface area contributed by atoms with Crippen molar-refractivity contribution in [3.05, 3.63) is 90.2 Å². The van der Waals surface area contributed by atoms with Crippen molar-refractivity contribution in [1.29, 1.82) is 0 Å². The second-order valence-electron chi connectivity index (χ2n) is 5.82. The third-order valence-corrected chi connectivity index (χ3v) is 5.82. The van der Waals surface area contributed by atoms with Crippen molar-refractivity contribution in [1.82, 2.24) is 10.2 Å². The second-order valence-corrected chi connectivity index (χ2v) is 8.02. The van der Waals surface area contributed by atoms with Gasteiger partial charge >= 0.3 is 0 Å². The van der Waals surface area contributed by atoms with Gasteiger partial charge < -0.3 is 10.1 Å². The maximum absolute atomic E-state index is 13.7. The minimum atomic E-state index is -0.198. The van der Waals surface area contributed by atoms with Crippen molar-refractivity contribution in [2.24, 2.45) is 0 Å². The third kappa shape index (κ3) is 4.88. The van der Waals surface area contributed by atoms with E-state index in [-0.39, 0.29) is 5.82 Å². The number of benzene rings is 3. The molecule has 0 aliphatic heterocycles. The zero-order valence-corrected chi connectivity index (χ0v) is 16.3. The van der Waals surface area contributed by atoms with Crippen LogP contribution in [0.2, 0.25) is 0 Å². The third-order valence-electron chi connectivity index (χ3n) is 3.80. The fraction of sp³-hybridized carbons (Fsp3) is 0.0476. The quantitative estimate of drug-likeness (QED) is 0.353. The Balaban J connectivity index is 1.34. The standard InChI is InChI=1S/C21H16FN3OS2/c22-19-9-5-4-6-15(19)14-27-21-25-24-20(28-21)23-16-10-12-18(13-11-16)26-17-7-2-1-3-8-17/h1-13H,14H2,(H,23,24). The van der Waals surface area contributed by atoms with Crippen LogP contribution < -0.4 is 10.1 Å². The molecule has 0 unspecified atom stereocenters. The number of hydrogen-bond donors (Lipinski definition) is 1. The smallest absolute Gasteiger partial charge is 0.210 e. The number of ether oxygens (including phenoxy) is 1. The Morgan fingerprint density at radius 2 is 1.57 bits per heavy atom. The van der Waals surface area contributed by atoms with E-state index in [1.165, 1.54) is 29.2 Å². The molecule has 140 valence electrons. The monoisotopic (exact) mass is 409 g/mol. The van der Waals surface area contributed by atoms with Gasteiger partial charge in [-0.25, -0.2) is 4.39 Å². The Hall–Kier alpha value is -2.90. The lowest BCUT2D eigenvalue weighted by Gasteiger charge is -2.06. The van der Waals surface area contributed by atoms with Crippen LogP contribution in [-0.4, -0.2) is 10.2 Å². The van der Waals surface area contributed by atoms with Crippen molar-refractivity contribution in [3.63, 3.8) is 0 Å². The summed E-state index contributed by atoms with van der Waals surface area (Å²) in [5, 5.41) is 12.2. The molecule has 28 heavy (non-hydrogen) atoms. The average Bonchev–Trinajstić information content (AvgIpc) is 3.17. The number of nitrogens with one attached hydrogen (secondary N) is 1. The predicted octanol–water partition coefficient (Wildman–Crippen LogP) is 6.51. The average molecular weight is 410 g/mol. The van der Waals surface area contributed by atoms with Crippen LogP contribution >= 0.6 is 23.1 Å². The molecule has 0 aliphatic carbocycles.